The van der Waals surface area contributed by atoms with Gasteiger partial charge in [0.1, 0.15) is 0 Å². The van der Waals surface area contributed by atoms with E-state index in [0.29, 0.717) is 19.5 Å². The molecular weight excluding hydrogens is 216 g/mol. The van der Waals surface area contributed by atoms with Gasteiger partial charge in [-0.05, 0) is 19.3 Å². The molecule has 1 amide bonds. The van der Waals surface area contributed by atoms with Crippen molar-refractivity contribution in [1.29, 1.82) is 0 Å². The largest absolute Gasteiger partial charge is 0.340 e. The van der Waals surface area contributed by atoms with E-state index in [1.165, 1.54) is 0 Å². The molecule has 0 aromatic rings. The predicted octanol–water partition coefficient (Wildman–Crippen LogP) is -0.875. The fourth-order valence-electron chi connectivity index (χ4n) is 1.80. The molecule has 1 aliphatic carbocycles. The molecular formula is C9H16N2O3S. The zero-order valence-electron chi connectivity index (χ0n) is 8.61. The van der Waals surface area contributed by atoms with E-state index in [-0.39, 0.29) is 17.4 Å². The zero-order valence-corrected chi connectivity index (χ0v) is 9.42. The van der Waals surface area contributed by atoms with Crippen LogP contribution < -0.4 is 5.73 Å². The van der Waals surface area contributed by atoms with Gasteiger partial charge in [0.15, 0.2) is 9.84 Å². The minimum Gasteiger partial charge on any atom is -0.340 e. The van der Waals surface area contributed by atoms with Crippen molar-refractivity contribution in [2.24, 2.45) is 5.73 Å². The van der Waals surface area contributed by atoms with Gasteiger partial charge in [-0.25, -0.2) is 8.42 Å². The van der Waals surface area contributed by atoms with Gasteiger partial charge in [0, 0.05) is 13.1 Å². The second kappa shape index (κ2) is 3.45. The highest BCUT2D eigenvalue weighted by Gasteiger charge is 2.48. The number of amides is 1. The molecule has 2 fully saturated rings. The number of sulfone groups is 1. The van der Waals surface area contributed by atoms with Gasteiger partial charge in [-0.1, -0.05) is 0 Å². The molecule has 0 unspecified atom stereocenters. The van der Waals surface area contributed by atoms with Crippen molar-refractivity contribution >= 4 is 15.7 Å². The fourth-order valence-corrected chi connectivity index (χ4v) is 3.08. The number of hydrogen-bond acceptors (Lipinski definition) is 4. The quantitative estimate of drug-likeness (QED) is 0.637. The molecule has 1 saturated carbocycles. The molecule has 0 radical (unpaired) electrons. The maximum absolute atomic E-state index is 11.9. The molecule has 0 aromatic heterocycles. The SMILES string of the molecule is NC1(C(=O)N2CCCS(=O)(=O)CC2)CC1. The minimum absolute atomic E-state index is 0.0698. The van der Waals surface area contributed by atoms with Gasteiger partial charge in [0.25, 0.3) is 0 Å². The van der Waals surface area contributed by atoms with Crippen molar-refractivity contribution in [3.63, 3.8) is 0 Å². The van der Waals surface area contributed by atoms with Crippen LogP contribution in [0.2, 0.25) is 0 Å². The molecule has 1 aliphatic heterocycles. The van der Waals surface area contributed by atoms with Crippen molar-refractivity contribution in [2.45, 2.75) is 24.8 Å². The van der Waals surface area contributed by atoms with Crippen molar-refractivity contribution in [2.75, 3.05) is 24.6 Å². The second-order valence-electron chi connectivity index (χ2n) is 4.45. The highest BCUT2D eigenvalue weighted by Crippen LogP contribution is 2.34. The average molecular weight is 232 g/mol. The topological polar surface area (TPSA) is 80.5 Å². The van der Waals surface area contributed by atoms with E-state index in [2.05, 4.69) is 0 Å². The predicted molar refractivity (Wildman–Crippen MR) is 56.0 cm³/mol. The van der Waals surface area contributed by atoms with E-state index in [1.54, 1.807) is 4.90 Å². The number of nitrogens with zero attached hydrogens (tertiary/aromatic N) is 1. The Kier molecular flexibility index (Phi) is 2.50. The third-order valence-electron chi connectivity index (χ3n) is 3.06. The first-order chi connectivity index (χ1) is 6.93. The van der Waals surface area contributed by atoms with E-state index in [1.807, 2.05) is 0 Å². The molecule has 2 rings (SSSR count). The Bertz CT molecular complexity index is 373. The van der Waals surface area contributed by atoms with E-state index in [9.17, 15) is 13.2 Å². The summed E-state index contributed by atoms with van der Waals surface area (Å²) in [7, 11) is -2.95. The van der Waals surface area contributed by atoms with Crippen molar-refractivity contribution in [3.8, 4) is 0 Å². The molecule has 86 valence electrons. The Morgan fingerprint density at radius 2 is 1.87 bits per heavy atom. The van der Waals surface area contributed by atoms with Crippen LogP contribution in [0.5, 0.6) is 0 Å². The monoisotopic (exact) mass is 232 g/mol. The first kappa shape index (κ1) is 10.9. The second-order valence-corrected chi connectivity index (χ2v) is 6.76. The number of rotatable bonds is 1. The average Bonchev–Trinajstić information content (AvgIpc) is 2.91. The molecule has 15 heavy (non-hydrogen) atoms. The summed E-state index contributed by atoms with van der Waals surface area (Å²) >= 11 is 0. The summed E-state index contributed by atoms with van der Waals surface area (Å²) in [6.45, 7) is 0.830. The van der Waals surface area contributed by atoms with Crippen LogP contribution in [0.15, 0.2) is 0 Å². The summed E-state index contributed by atoms with van der Waals surface area (Å²) in [5.74, 6) is 0.197. The molecule has 0 bridgehead atoms. The Balaban J connectivity index is 2.02. The minimum atomic E-state index is -2.95. The van der Waals surface area contributed by atoms with Crippen LogP contribution >= 0.6 is 0 Å². The van der Waals surface area contributed by atoms with Gasteiger partial charge in [0.05, 0.1) is 17.0 Å². The summed E-state index contributed by atoms with van der Waals surface area (Å²) in [4.78, 5) is 13.5. The zero-order chi connectivity index (χ0) is 11.1. The lowest BCUT2D eigenvalue weighted by Gasteiger charge is -2.23. The maximum Gasteiger partial charge on any atom is 0.242 e. The summed E-state index contributed by atoms with van der Waals surface area (Å²) in [5, 5.41) is 0. The molecule has 1 heterocycles. The van der Waals surface area contributed by atoms with Crippen LogP contribution in [0.3, 0.4) is 0 Å². The maximum atomic E-state index is 11.9. The lowest BCUT2D eigenvalue weighted by Crippen LogP contribution is -2.46. The highest BCUT2D eigenvalue weighted by atomic mass is 32.2. The number of hydrogen-bond donors (Lipinski definition) is 1. The highest BCUT2D eigenvalue weighted by molar-refractivity contribution is 7.91. The number of carbonyl (C=O) groups is 1. The van der Waals surface area contributed by atoms with Crippen molar-refractivity contribution < 1.29 is 13.2 Å². The summed E-state index contributed by atoms with van der Waals surface area (Å²) in [6, 6.07) is 0. The Morgan fingerprint density at radius 1 is 1.20 bits per heavy atom. The van der Waals surface area contributed by atoms with Gasteiger partial charge >= 0.3 is 0 Å². The summed E-state index contributed by atoms with van der Waals surface area (Å²) in [6.07, 6.45) is 1.99. The molecule has 0 spiro atoms. The number of nitrogens with two attached hydrogens (primary N) is 1. The van der Waals surface area contributed by atoms with Gasteiger partial charge in [-0.2, -0.15) is 0 Å². The molecule has 5 nitrogen and oxygen atoms in total. The normalized spacial score (nSPS) is 28.2. The molecule has 2 aliphatic rings. The third-order valence-corrected chi connectivity index (χ3v) is 4.77. The smallest absolute Gasteiger partial charge is 0.242 e. The van der Waals surface area contributed by atoms with Crippen LogP contribution in [-0.2, 0) is 14.6 Å². The number of carbonyl (C=O) groups excluding carboxylic acids is 1. The lowest BCUT2D eigenvalue weighted by atomic mass is 10.2. The molecule has 1 saturated heterocycles. The van der Waals surface area contributed by atoms with Gasteiger partial charge in [0.2, 0.25) is 5.91 Å². The standard InChI is InChI=1S/C9H16N2O3S/c10-9(2-3-9)8(12)11-4-1-6-15(13,14)7-5-11/h1-7,10H2. The van der Waals surface area contributed by atoms with E-state index in [0.717, 1.165) is 12.8 Å². The van der Waals surface area contributed by atoms with Gasteiger partial charge in [-0.3, -0.25) is 4.79 Å². The third kappa shape index (κ3) is 2.31. The van der Waals surface area contributed by atoms with E-state index < -0.39 is 15.4 Å². The Morgan fingerprint density at radius 3 is 2.47 bits per heavy atom. The lowest BCUT2D eigenvalue weighted by molar-refractivity contribution is -0.133. The van der Waals surface area contributed by atoms with E-state index >= 15 is 0 Å². The molecule has 2 N–H and O–H groups in total. The first-order valence-electron chi connectivity index (χ1n) is 5.22. The van der Waals surface area contributed by atoms with Gasteiger partial charge in [-0.15, -0.1) is 0 Å². The van der Waals surface area contributed by atoms with Crippen molar-refractivity contribution in [3.05, 3.63) is 0 Å². The van der Waals surface area contributed by atoms with Crippen molar-refractivity contribution in [1.82, 2.24) is 4.90 Å². The Labute approximate surface area is 89.5 Å². The van der Waals surface area contributed by atoms with Crippen LogP contribution in [0.1, 0.15) is 19.3 Å². The fraction of sp³-hybridized carbons (Fsp3) is 0.889. The molecule has 0 atom stereocenters. The van der Waals surface area contributed by atoms with E-state index in [4.69, 9.17) is 5.73 Å². The molecule has 0 aromatic carbocycles. The van der Waals surface area contributed by atoms with Crippen LogP contribution in [0, 0.1) is 0 Å². The Hall–Kier alpha value is -0.620. The summed E-state index contributed by atoms with van der Waals surface area (Å²) in [5.41, 5.74) is 5.13. The molecule has 6 heteroatoms. The van der Waals surface area contributed by atoms with Crippen LogP contribution in [0.4, 0.5) is 0 Å². The van der Waals surface area contributed by atoms with Crippen LogP contribution in [0.25, 0.3) is 0 Å². The first-order valence-corrected chi connectivity index (χ1v) is 7.04. The summed E-state index contributed by atoms with van der Waals surface area (Å²) < 4.78 is 22.7. The van der Waals surface area contributed by atoms with Crippen LogP contribution in [-0.4, -0.2) is 49.4 Å². The van der Waals surface area contributed by atoms with Gasteiger partial charge < -0.3 is 10.6 Å².